The summed E-state index contributed by atoms with van der Waals surface area (Å²) in [7, 11) is 0. The molecule has 0 saturated carbocycles. The quantitative estimate of drug-likeness (QED) is 0.769. The van der Waals surface area contributed by atoms with Gasteiger partial charge in [-0.1, -0.05) is 49.3 Å². The summed E-state index contributed by atoms with van der Waals surface area (Å²) in [5, 5.41) is 16.2. The fourth-order valence-electron chi connectivity index (χ4n) is 2.37. The van der Waals surface area contributed by atoms with Gasteiger partial charge in [-0.2, -0.15) is 0 Å². The smallest absolute Gasteiger partial charge is 0.257 e. The molecular formula is C18H24N2O3. The van der Waals surface area contributed by atoms with E-state index in [0.29, 0.717) is 23.6 Å². The predicted molar refractivity (Wildman–Crippen MR) is 89.1 cm³/mol. The number of hydrogen-bond donors (Lipinski definition) is 2. The molecule has 5 nitrogen and oxygen atoms in total. The zero-order valence-corrected chi connectivity index (χ0v) is 13.9. The minimum Gasteiger partial charge on any atom is -0.396 e. The van der Waals surface area contributed by atoms with E-state index in [1.165, 1.54) is 0 Å². The molecule has 0 atom stereocenters. The SMILES string of the molecule is Cc1onc(-c2ccccc2)c1C(=O)NCCCC(C)(C)CO. The Kier molecular flexibility index (Phi) is 5.55. The lowest BCUT2D eigenvalue weighted by Gasteiger charge is -2.21. The highest BCUT2D eigenvalue weighted by Gasteiger charge is 2.21. The molecule has 1 aromatic heterocycles. The Morgan fingerprint density at radius 3 is 2.65 bits per heavy atom. The molecule has 0 aliphatic carbocycles. The van der Waals surface area contributed by atoms with E-state index in [9.17, 15) is 9.90 Å². The van der Waals surface area contributed by atoms with Crippen LogP contribution in [0, 0.1) is 12.3 Å². The highest BCUT2D eigenvalue weighted by Crippen LogP contribution is 2.25. The molecular weight excluding hydrogens is 292 g/mol. The normalized spacial score (nSPS) is 11.5. The number of carbonyl (C=O) groups excluding carboxylic acids is 1. The monoisotopic (exact) mass is 316 g/mol. The second kappa shape index (κ2) is 7.42. The van der Waals surface area contributed by atoms with Gasteiger partial charge in [-0.05, 0) is 25.2 Å². The zero-order valence-electron chi connectivity index (χ0n) is 13.9. The molecule has 5 heteroatoms. The zero-order chi connectivity index (χ0) is 16.9. The van der Waals surface area contributed by atoms with Crippen LogP contribution in [0.3, 0.4) is 0 Å². The van der Waals surface area contributed by atoms with Gasteiger partial charge in [0.2, 0.25) is 0 Å². The number of aromatic nitrogens is 1. The van der Waals surface area contributed by atoms with Gasteiger partial charge >= 0.3 is 0 Å². The van der Waals surface area contributed by atoms with Gasteiger partial charge in [-0.15, -0.1) is 0 Å². The van der Waals surface area contributed by atoms with E-state index >= 15 is 0 Å². The van der Waals surface area contributed by atoms with Crippen molar-refractivity contribution in [3.8, 4) is 11.3 Å². The predicted octanol–water partition coefficient (Wildman–Crippen LogP) is 3.18. The maximum Gasteiger partial charge on any atom is 0.257 e. The highest BCUT2D eigenvalue weighted by molar-refractivity contribution is 6.00. The first kappa shape index (κ1) is 17.2. The number of carbonyl (C=O) groups is 1. The van der Waals surface area contributed by atoms with Gasteiger partial charge in [-0.3, -0.25) is 4.79 Å². The molecule has 2 N–H and O–H groups in total. The summed E-state index contributed by atoms with van der Waals surface area (Å²) in [4.78, 5) is 12.5. The highest BCUT2D eigenvalue weighted by atomic mass is 16.5. The first-order valence-electron chi connectivity index (χ1n) is 7.85. The summed E-state index contributed by atoms with van der Waals surface area (Å²) in [6.07, 6.45) is 1.65. The van der Waals surface area contributed by atoms with E-state index in [4.69, 9.17) is 4.52 Å². The molecule has 0 spiro atoms. The molecule has 1 amide bonds. The molecule has 0 radical (unpaired) electrons. The summed E-state index contributed by atoms with van der Waals surface area (Å²) in [5.41, 5.74) is 1.79. The fraction of sp³-hybridized carbons (Fsp3) is 0.444. The second-order valence-corrected chi connectivity index (χ2v) is 6.51. The third-order valence-corrected chi connectivity index (χ3v) is 3.88. The van der Waals surface area contributed by atoms with Crippen LogP contribution in [-0.2, 0) is 0 Å². The van der Waals surface area contributed by atoms with Gasteiger partial charge in [0.1, 0.15) is 17.0 Å². The van der Waals surface area contributed by atoms with Crippen molar-refractivity contribution in [2.45, 2.75) is 33.6 Å². The number of aliphatic hydroxyl groups is 1. The number of aliphatic hydroxyl groups excluding tert-OH is 1. The summed E-state index contributed by atoms with van der Waals surface area (Å²) in [6.45, 7) is 6.45. The Bertz CT molecular complexity index is 648. The van der Waals surface area contributed by atoms with E-state index < -0.39 is 0 Å². The third-order valence-electron chi connectivity index (χ3n) is 3.88. The van der Waals surface area contributed by atoms with Gasteiger partial charge in [0.15, 0.2) is 0 Å². The maximum absolute atomic E-state index is 12.5. The van der Waals surface area contributed by atoms with E-state index in [1.54, 1.807) is 6.92 Å². The van der Waals surface area contributed by atoms with Crippen molar-refractivity contribution in [1.82, 2.24) is 10.5 Å². The third kappa shape index (κ3) is 4.42. The van der Waals surface area contributed by atoms with Crippen LogP contribution in [0.25, 0.3) is 11.3 Å². The first-order valence-corrected chi connectivity index (χ1v) is 7.85. The van der Waals surface area contributed by atoms with Crippen molar-refractivity contribution in [3.63, 3.8) is 0 Å². The Morgan fingerprint density at radius 1 is 1.30 bits per heavy atom. The minimum absolute atomic E-state index is 0.118. The molecule has 2 rings (SSSR count). The van der Waals surface area contributed by atoms with Gasteiger partial charge in [0.05, 0.1) is 0 Å². The van der Waals surface area contributed by atoms with E-state index in [2.05, 4.69) is 10.5 Å². The van der Waals surface area contributed by atoms with Crippen LogP contribution >= 0.6 is 0 Å². The first-order chi connectivity index (χ1) is 10.9. The summed E-state index contributed by atoms with van der Waals surface area (Å²) < 4.78 is 5.21. The number of rotatable bonds is 7. The minimum atomic E-state index is -0.176. The largest absolute Gasteiger partial charge is 0.396 e. The lowest BCUT2D eigenvalue weighted by molar-refractivity contribution is 0.0947. The topological polar surface area (TPSA) is 75.4 Å². The molecule has 0 fully saturated rings. The number of benzene rings is 1. The van der Waals surface area contributed by atoms with Crippen LogP contribution in [0.15, 0.2) is 34.9 Å². The van der Waals surface area contributed by atoms with Crippen molar-refractivity contribution in [3.05, 3.63) is 41.7 Å². The van der Waals surface area contributed by atoms with E-state index in [1.807, 2.05) is 44.2 Å². The number of nitrogens with one attached hydrogen (secondary N) is 1. The number of aryl methyl sites for hydroxylation is 1. The molecule has 23 heavy (non-hydrogen) atoms. The van der Waals surface area contributed by atoms with Crippen molar-refractivity contribution >= 4 is 5.91 Å². The van der Waals surface area contributed by atoms with Gasteiger partial charge in [0, 0.05) is 18.7 Å². The van der Waals surface area contributed by atoms with Crippen molar-refractivity contribution in [2.75, 3.05) is 13.2 Å². The molecule has 2 aromatic rings. The summed E-state index contributed by atoms with van der Waals surface area (Å²) >= 11 is 0. The molecule has 0 aliphatic rings. The Hall–Kier alpha value is -2.14. The Balaban J connectivity index is 2.02. The van der Waals surface area contributed by atoms with Crippen molar-refractivity contribution in [1.29, 1.82) is 0 Å². The van der Waals surface area contributed by atoms with Gasteiger partial charge in [0.25, 0.3) is 5.91 Å². The second-order valence-electron chi connectivity index (χ2n) is 6.51. The van der Waals surface area contributed by atoms with Gasteiger partial charge in [-0.25, -0.2) is 0 Å². The molecule has 0 saturated heterocycles. The molecule has 124 valence electrons. The standard InChI is InChI=1S/C18H24N2O3/c1-13-15(16(20-23-13)14-8-5-4-6-9-14)17(22)19-11-7-10-18(2,3)12-21/h4-6,8-9,21H,7,10-12H2,1-3H3,(H,19,22). The van der Waals surface area contributed by atoms with E-state index in [0.717, 1.165) is 18.4 Å². The molecule has 0 bridgehead atoms. The average Bonchev–Trinajstić information content (AvgIpc) is 2.94. The molecule has 1 heterocycles. The summed E-state index contributed by atoms with van der Waals surface area (Å²) in [5.74, 6) is 0.335. The molecule has 1 aromatic carbocycles. The fourth-order valence-corrected chi connectivity index (χ4v) is 2.37. The van der Waals surface area contributed by atoms with Crippen LogP contribution in [0.5, 0.6) is 0 Å². The maximum atomic E-state index is 12.5. The lowest BCUT2D eigenvalue weighted by atomic mass is 9.89. The average molecular weight is 316 g/mol. The number of amides is 1. The molecule has 0 aliphatic heterocycles. The van der Waals surface area contributed by atoms with E-state index in [-0.39, 0.29) is 17.9 Å². The summed E-state index contributed by atoms with van der Waals surface area (Å²) in [6, 6.07) is 9.52. The van der Waals surface area contributed by atoms with Crippen LogP contribution < -0.4 is 5.32 Å². The number of nitrogens with zero attached hydrogens (tertiary/aromatic N) is 1. The van der Waals surface area contributed by atoms with Crippen LogP contribution in [0.1, 0.15) is 42.8 Å². The lowest BCUT2D eigenvalue weighted by Crippen LogP contribution is -2.27. The number of hydrogen-bond acceptors (Lipinski definition) is 4. The Morgan fingerprint density at radius 2 is 2.00 bits per heavy atom. The van der Waals surface area contributed by atoms with Crippen LogP contribution in [0.4, 0.5) is 0 Å². The van der Waals surface area contributed by atoms with Gasteiger partial charge < -0.3 is 14.9 Å². The molecule has 0 unspecified atom stereocenters. The van der Waals surface area contributed by atoms with Crippen LogP contribution in [-0.4, -0.2) is 29.3 Å². The van der Waals surface area contributed by atoms with Crippen molar-refractivity contribution < 1.29 is 14.4 Å². The van der Waals surface area contributed by atoms with Crippen molar-refractivity contribution in [2.24, 2.45) is 5.41 Å². The Labute approximate surface area is 136 Å². The van der Waals surface area contributed by atoms with Crippen LogP contribution in [0.2, 0.25) is 0 Å².